The second kappa shape index (κ2) is 9.22. The molecule has 0 radical (unpaired) electrons. The van der Waals surface area contributed by atoms with Crippen molar-refractivity contribution in [3.63, 3.8) is 0 Å². The summed E-state index contributed by atoms with van der Waals surface area (Å²) in [6, 6.07) is 8.11. The highest BCUT2D eigenvalue weighted by Crippen LogP contribution is 2.37. The van der Waals surface area contributed by atoms with Crippen LogP contribution in [-0.4, -0.2) is 11.1 Å². The largest absolute Gasteiger partial charge is 0.506 e. The Morgan fingerprint density at radius 1 is 0.958 bits per heavy atom. The normalized spacial score (nSPS) is 12.5. The SMILES string of the molecule is CC(C)[C@@H](N)Cc1cc(I)c(Oc2cc(I)c(O)c(I)c2)c(I)c1. The summed E-state index contributed by atoms with van der Waals surface area (Å²) in [4.78, 5) is 0. The molecular weight excluding hydrogens is 758 g/mol. The van der Waals surface area contributed by atoms with Crippen LogP contribution in [0.25, 0.3) is 0 Å². The first kappa shape index (κ1) is 21.2. The Bertz CT molecular complexity index is 703. The first-order chi connectivity index (χ1) is 11.2. The number of ether oxygens (including phenoxy) is 1. The fourth-order valence-electron chi connectivity index (χ4n) is 2.05. The average molecular weight is 775 g/mol. The second-order valence-electron chi connectivity index (χ2n) is 5.84. The monoisotopic (exact) mass is 775 g/mol. The molecule has 3 N–H and O–H groups in total. The topological polar surface area (TPSA) is 55.5 Å². The van der Waals surface area contributed by atoms with E-state index in [4.69, 9.17) is 10.5 Å². The molecule has 0 aliphatic heterocycles. The molecule has 0 aromatic heterocycles. The fraction of sp³-hybridized carbons (Fsp3) is 0.294. The van der Waals surface area contributed by atoms with Crippen molar-refractivity contribution in [1.29, 1.82) is 0 Å². The summed E-state index contributed by atoms with van der Waals surface area (Å²) in [7, 11) is 0. The smallest absolute Gasteiger partial charge is 0.154 e. The van der Waals surface area contributed by atoms with Crippen LogP contribution in [-0.2, 0) is 6.42 Å². The van der Waals surface area contributed by atoms with Gasteiger partial charge in [0.2, 0.25) is 0 Å². The molecule has 0 saturated carbocycles. The molecule has 0 amide bonds. The lowest BCUT2D eigenvalue weighted by Gasteiger charge is -2.17. The van der Waals surface area contributed by atoms with Crippen molar-refractivity contribution >= 4 is 90.4 Å². The predicted molar refractivity (Wildman–Crippen MR) is 132 cm³/mol. The van der Waals surface area contributed by atoms with Gasteiger partial charge in [-0.05, 0) is 133 Å². The Hall–Kier alpha value is 0.920. The summed E-state index contributed by atoms with van der Waals surface area (Å²) in [6.07, 6.45) is 0.860. The number of hydrogen-bond donors (Lipinski definition) is 2. The van der Waals surface area contributed by atoms with Gasteiger partial charge < -0.3 is 15.6 Å². The van der Waals surface area contributed by atoms with Crippen molar-refractivity contribution < 1.29 is 9.84 Å². The molecule has 0 fully saturated rings. The Kier molecular flexibility index (Phi) is 8.15. The third-order valence-corrected chi connectivity index (χ3v) is 6.84. The van der Waals surface area contributed by atoms with E-state index in [-0.39, 0.29) is 6.04 Å². The Morgan fingerprint density at radius 2 is 1.46 bits per heavy atom. The van der Waals surface area contributed by atoms with Gasteiger partial charge in [0.15, 0.2) is 5.75 Å². The third kappa shape index (κ3) is 5.46. The minimum Gasteiger partial charge on any atom is -0.506 e. The highest BCUT2D eigenvalue weighted by Gasteiger charge is 2.15. The van der Waals surface area contributed by atoms with E-state index in [1.54, 1.807) is 0 Å². The molecule has 3 nitrogen and oxygen atoms in total. The number of rotatable bonds is 5. The zero-order chi connectivity index (χ0) is 18.0. The standard InChI is InChI=1S/C17H17I4NO2/c1-8(2)15(22)5-9-3-13(20)17(14(21)4-9)24-10-6-11(18)16(23)12(19)7-10/h3-4,6-8,15,23H,5,22H2,1-2H3/t15-/m0/s1. The zero-order valence-corrected chi connectivity index (χ0v) is 21.7. The summed E-state index contributed by atoms with van der Waals surface area (Å²) in [5, 5.41) is 9.89. The highest BCUT2D eigenvalue weighted by atomic mass is 127. The molecule has 2 aromatic carbocycles. The van der Waals surface area contributed by atoms with E-state index in [1.165, 1.54) is 5.56 Å². The van der Waals surface area contributed by atoms with Crippen molar-refractivity contribution in [3.05, 3.63) is 44.1 Å². The minimum absolute atomic E-state index is 0.156. The average Bonchev–Trinajstić information content (AvgIpc) is 2.48. The van der Waals surface area contributed by atoms with Crippen molar-refractivity contribution in [2.45, 2.75) is 26.3 Å². The van der Waals surface area contributed by atoms with Crippen LogP contribution >= 0.6 is 90.4 Å². The van der Waals surface area contributed by atoms with Crippen molar-refractivity contribution in [3.8, 4) is 17.2 Å². The van der Waals surface area contributed by atoms with Crippen LogP contribution in [0.4, 0.5) is 0 Å². The fourth-order valence-corrected chi connectivity index (χ4v) is 5.88. The Balaban J connectivity index is 2.29. The van der Waals surface area contributed by atoms with E-state index >= 15 is 0 Å². The lowest BCUT2D eigenvalue weighted by molar-refractivity contribution is 0.454. The zero-order valence-electron chi connectivity index (χ0n) is 13.1. The first-order valence-electron chi connectivity index (χ1n) is 7.28. The Morgan fingerprint density at radius 3 is 1.92 bits per heavy atom. The summed E-state index contributed by atoms with van der Waals surface area (Å²) in [5.74, 6) is 2.32. The maximum absolute atomic E-state index is 9.89. The molecule has 0 aliphatic carbocycles. The molecule has 0 heterocycles. The number of phenolic OH excluding ortho intramolecular Hbond substituents is 1. The van der Waals surface area contributed by atoms with Gasteiger partial charge in [0.1, 0.15) is 11.5 Å². The van der Waals surface area contributed by atoms with Gasteiger partial charge in [-0.15, -0.1) is 0 Å². The number of nitrogens with two attached hydrogens (primary N) is 1. The van der Waals surface area contributed by atoms with Gasteiger partial charge in [-0.2, -0.15) is 0 Å². The van der Waals surface area contributed by atoms with Gasteiger partial charge in [0.05, 0.1) is 14.3 Å². The van der Waals surface area contributed by atoms with Crippen LogP contribution in [0.5, 0.6) is 17.2 Å². The summed E-state index contributed by atoms with van der Waals surface area (Å²) in [5.41, 5.74) is 7.43. The van der Waals surface area contributed by atoms with E-state index in [0.717, 1.165) is 32.2 Å². The van der Waals surface area contributed by atoms with Crippen LogP contribution in [0.15, 0.2) is 24.3 Å². The van der Waals surface area contributed by atoms with Gasteiger partial charge in [-0.3, -0.25) is 0 Å². The van der Waals surface area contributed by atoms with Crippen LogP contribution in [0.2, 0.25) is 0 Å². The lowest BCUT2D eigenvalue weighted by Crippen LogP contribution is -2.28. The van der Waals surface area contributed by atoms with Gasteiger partial charge in [-0.1, -0.05) is 13.8 Å². The maximum atomic E-state index is 9.89. The Labute approximate surface area is 197 Å². The molecule has 7 heteroatoms. The molecule has 0 saturated heterocycles. The van der Waals surface area contributed by atoms with E-state index in [1.807, 2.05) is 12.1 Å². The molecule has 0 unspecified atom stereocenters. The molecule has 2 aromatic rings. The van der Waals surface area contributed by atoms with Crippen molar-refractivity contribution in [2.24, 2.45) is 11.7 Å². The molecule has 0 bridgehead atoms. The lowest BCUT2D eigenvalue weighted by atomic mass is 9.97. The molecule has 2 rings (SSSR count). The molecule has 130 valence electrons. The minimum atomic E-state index is 0.156. The predicted octanol–water partition coefficient (Wildman–Crippen LogP) is 6.13. The number of benzene rings is 2. The summed E-state index contributed by atoms with van der Waals surface area (Å²) < 4.78 is 9.77. The van der Waals surface area contributed by atoms with Crippen molar-refractivity contribution in [2.75, 3.05) is 0 Å². The second-order valence-corrected chi connectivity index (χ2v) is 10.5. The molecule has 1 atom stereocenters. The summed E-state index contributed by atoms with van der Waals surface area (Å²) in [6.45, 7) is 4.29. The molecule has 24 heavy (non-hydrogen) atoms. The van der Waals surface area contributed by atoms with Crippen LogP contribution in [0.1, 0.15) is 19.4 Å². The molecule has 0 spiro atoms. The van der Waals surface area contributed by atoms with E-state index in [9.17, 15) is 5.11 Å². The van der Waals surface area contributed by atoms with Crippen LogP contribution < -0.4 is 10.5 Å². The van der Waals surface area contributed by atoms with Gasteiger partial charge in [0.25, 0.3) is 0 Å². The summed E-state index contributed by atoms with van der Waals surface area (Å²) >= 11 is 8.82. The number of aromatic hydroxyl groups is 1. The van der Waals surface area contributed by atoms with Gasteiger partial charge in [0, 0.05) is 6.04 Å². The van der Waals surface area contributed by atoms with Crippen LogP contribution in [0, 0.1) is 20.2 Å². The van der Waals surface area contributed by atoms with Gasteiger partial charge >= 0.3 is 0 Å². The third-order valence-electron chi connectivity index (χ3n) is 3.60. The highest BCUT2D eigenvalue weighted by molar-refractivity contribution is 14.1. The molecule has 0 aliphatic rings. The van der Waals surface area contributed by atoms with E-state index in [2.05, 4.69) is 116 Å². The quantitative estimate of drug-likeness (QED) is 0.360. The molecular formula is C17H17I4NO2. The maximum Gasteiger partial charge on any atom is 0.154 e. The van der Waals surface area contributed by atoms with Gasteiger partial charge in [-0.25, -0.2) is 0 Å². The van der Waals surface area contributed by atoms with Crippen molar-refractivity contribution in [1.82, 2.24) is 0 Å². The van der Waals surface area contributed by atoms with Crippen LogP contribution in [0.3, 0.4) is 0 Å². The van der Waals surface area contributed by atoms with E-state index < -0.39 is 0 Å². The number of phenols is 1. The first-order valence-corrected chi connectivity index (χ1v) is 11.6. The number of hydrogen-bond acceptors (Lipinski definition) is 3. The number of halogens is 4. The van der Waals surface area contributed by atoms with E-state index in [0.29, 0.717) is 11.7 Å².